The summed E-state index contributed by atoms with van der Waals surface area (Å²) in [5.41, 5.74) is 8.69. The van der Waals surface area contributed by atoms with Crippen molar-refractivity contribution in [2.45, 2.75) is 72.6 Å². The van der Waals surface area contributed by atoms with Gasteiger partial charge in [-0.3, -0.25) is 6.08 Å². The predicted octanol–water partition coefficient (Wildman–Crippen LogP) is 6.56. The Kier molecular flexibility index (Phi) is 15.3. The Morgan fingerprint density at radius 1 is 0.674 bits per heavy atom. The molecule has 0 nitrogen and oxygen atoms in total. The SMILES string of the molecule is Brc1ccc([C](=[Hf+2])c2ccc(Br)cc2)cc1.Cc1cc2[cH-]c3cc(C)c(C(C)(C)C)cc3c2cc1C(C)(C)C.[C-]1=CC=CC1.[Cl-].[Cl-]. The van der Waals surface area contributed by atoms with Gasteiger partial charge in [0.1, 0.15) is 0 Å². The molecule has 0 bridgehead atoms. The van der Waals surface area contributed by atoms with Crippen LogP contribution in [-0.2, 0) is 34.7 Å². The Morgan fingerprint density at radius 2 is 1.07 bits per heavy atom. The molecule has 0 fully saturated rings. The first-order chi connectivity index (χ1) is 20.6. The maximum Gasteiger partial charge on any atom is -0.0142 e. The fourth-order valence-corrected chi connectivity index (χ4v) is 7.42. The van der Waals surface area contributed by atoms with Crippen molar-refractivity contribution in [1.29, 1.82) is 0 Å². The molecule has 5 aromatic rings. The first-order valence-corrected chi connectivity index (χ1v) is 18.5. The average molecular weight is 944 g/mol. The van der Waals surface area contributed by atoms with Gasteiger partial charge in [-0.25, -0.2) is 12.2 Å². The Morgan fingerprint density at radius 3 is 1.35 bits per heavy atom. The van der Waals surface area contributed by atoms with Crippen LogP contribution in [0.25, 0.3) is 21.5 Å². The van der Waals surface area contributed by atoms with Crippen LogP contribution in [0.1, 0.15) is 81.3 Å². The van der Waals surface area contributed by atoms with Gasteiger partial charge in [0.05, 0.1) is 0 Å². The Bertz CT molecular complexity index is 1700. The number of aryl methyl sites for hydroxylation is 2. The summed E-state index contributed by atoms with van der Waals surface area (Å²) >= 11 is 7.96. The van der Waals surface area contributed by atoms with Gasteiger partial charge >= 0.3 is 128 Å². The number of fused-ring (bicyclic) bond motifs is 3. The van der Waals surface area contributed by atoms with Crippen LogP contribution in [0.2, 0.25) is 0 Å². The summed E-state index contributed by atoms with van der Waals surface area (Å²) in [5.74, 6) is 0. The van der Waals surface area contributed by atoms with Crippen LogP contribution in [0.15, 0.2) is 106 Å². The first kappa shape index (κ1) is 40.7. The van der Waals surface area contributed by atoms with Crippen molar-refractivity contribution in [3.8, 4) is 0 Å². The molecule has 0 unspecified atom stereocenters. The second-order valence-corrected chi connectivity index (χ2v) is 17.2. The summed E-state index contributed by atoms with van der Waals surface area (Å²) in [6.07, 6.45) is 10.0. The van der Waals surface area contributed by atoms with Crippen molar-refractivity contribution in [2.24, 2.45) is 0 Å². The van der Waals surface area contributed by atoms with Crippen LogP contribution in [0.4, 0.5) is 0 Å². The van der Waals surface area contributed by atoms with Gasteiger partial charge in [0, 0.05) is 0 Å². The van der Waals surface area contributed by atoms with E-state index in [2.05, 4.69) is 178 Å². The number of halogens is 4. The molecule has 0 atom stereocenters. The Balaban J connectivity index is 0.000000278. The third-order valence-electron chi connectivity index (χ3n) is 7.86. The quantitative estimate of drug-likeness (QED) is 0.139. The average Bonchev–Trinajstić information content (AvgIpc) is 3.63. The van der Waals surface area contributed by atoms with Crippen LogP contribution in [-0.4, -0.2) is 3.26 Å². The van der Waals surface area contributed by atoms with Gasteiger partial charge in [0.15, 0.2) is 0 Å². The minimum atomic E-state index is 0. The number of rotatable bonds is 2. The molecule has 0 aromatic heterocycles. The van der Waals surface area contributed by atoms with E-state index in [0.29, 0.717) is 0 Å². The monoisotopic (exact) mass is 942 g/mol. The molecule has 6 rings (SSSR count). The van der Waals surface area contributed by atoms with Gasteiger partial charge in [-0.05, 0) is 24.7 Å². The van der Waals surface area contributed by atoms with Crippen LogP contribution in [0.3, 0.4) is 0 Å². The molecule has 1 aliphatic carbocycles. The van der Waals surface area contributed by atoms with Gasteiger partial charge in [-0.2, -0.15) is 6.08 Å². The van der Waals surface area contributed by atoms with Gasteiger partial charge in [-0.15, -0.1) is 46.2 Å². The van der Waals surface area contributed by atoms with Crippen molar-refractivity contribution in [3.05, 3.63) is 145 Å². The van der Waals surface area contributed by atoms with Crippen LogP contribution in [0.5, 0.6) is 0 Å². The number of hydrogen-bond donors (Lipinski definition) is 0. The number of allylic oxidation sites excluding steroid dienone is 4. The molecular formula is C41H42Br2Cl2Hf-2. The Labute approximate surface area is 320 Å². The Hall–Kier alpha value is -1.49. The second-order valence-electron chi connectivity index (χ2n) is 13.5. The van der Waals surface area contributed by atoms with E-state index in [9.17, 15) is 0 Å². The largest absolute Gasteiger partial charge is 1.00 e. The van der Waals surface area contributed by atoms with E-state index in [4.69, 9.17) is 0 Å². The van der Waals surface area contributed by atoms with Gasteiger partial charge in [0.2, 0.25) is 0 Å². The summed E-state index contributed by atoms with van der Waals surface area (Å²) in [5, 5.41) is 5.55. The van der Waals surface area contributed by atoms with Crippen molar-refractivity contribution in [3.63, 3.8) is 0 Å². The summed E-state index contributed by atoms with van der Waals surface area (Å²) in [7, 11) is 0. The molecule has 240 valence electrons. The van der Waals surface area contributed by atoms with Crippen molar-refractivity contribution in [2.75, 3.05) is 0 Å². The minimum absolute atomic E-state index is 0. The van der Waals surface area contributed by atoms with Crippen LogP contribution >= 0.6 is 31.9 Å². The molecule has 0 spiro atoms. The van der Waals surface area contributed by atoms with E-state index in [-0.39, 0.29) is 35.6 Å². The molecule has 0 saturated heterocycles. The predicted molar refractivity (Wildman–Crippen MR) is 197 cm³/mol. The first-order valence-electron chi connectivity index (χ1n) is 15.1. The second kappa shape index (κ2) is 17.3. The van der Waals surface area contributed by atoms with Gasteiger partial charge in [0.25, 0.3) is 0 Å². The topological polar surface area (TPSA) is 0 Å². The third-order valence-corrected chi connectivity index (χ3v) is 11.0. The fraction of sp³-hybridized carbons (Fsp3) is 0.268. The molecule has 0 N–H and O–H groups in total. The van der Waals surface area contributed by atoms with Crippen molar-refractivity contribution in [1.82, 2.24) is 0 Å². The summed E-state index contributed by atoms with van der Waals surface area (Å²) < 4.78 is 3.68. The zero-order valence-corrected chi connectivity index (χ0v) is 36.2. The third kappa shape index (κ3) is 10.5. The molecule has 0 radical (unpaired) electrons. The smallest absolute Gasteiger partial charge is 0.0142 e. The number of benzene rings is 4. The maximum atomic E-state index is 3.46. The number of hydrogen-bond acceptors (Lipinski definition) is 0. The summed E-state index contributed by atoms with van der Waals surface area (Å²) in [4.78, 5) is 0. The molecule has 0 amide bonds. The summed E-state index contributed by atoms with van der Waals surface area (Å²) in [6.45, 7) is 18.3. The molecule has 46 heavy (non-hydrogen) atoms. The zero-order chi connectivity index (χ0) is 32.2. The fourth-order valence-electron chi connectivity index (χ4n) is 5.69. The standard InChI is InChI=1S/C23H29.C13H8Br2.C5H5.2ClH.Hf/c1-14-9-16-11-17-10-15(2)21(23(6,7)8)13-19(17)18(16)12-20(14)22(3,4)5;14-12-5-1-10(2-6-12)9-11-3-7-13(15)8-4-11;1-2-4-5-3-1;;;/h9-13H,1-8H3;1-8H;1-3H,4H2;2*1H;/q-1;;-1;;;+2/p-2. The van der Waals surface area contributed by atoms with E-state index in [1.807, 2.05) is 12.2 Å². The van der Waals surface area contributed by atoms with E-state index >= 15 is 0 Å². The molecular weight excluding hydrogens is 902 g/mol. The van der Waals surface area contributed by atoms with Crippen molar-refractivity contribution < 1.29 is 48.7 Å². The van der Waals surface area contributed by atoms with Crippen LogP contribution < -0.4 is 24.8 Å². The molecule has 1 aliphatic rings. The maximum absolute atomic E-state index is 3.46. The normalized spacial score (nSPS) is 12.1. The van der Waals surface area contributed by atoms with Crippen LogP contribution in [0, 0.1) is 19.9 Å². The van der Waals surface area contributed by atoms with Gasteiger partial charge < -0.3 is 24.8 Å². The van der Waals surface area contributed by atoms with E-state index in [0.717, 1.165) is 39.3 Å². The molecule has 5 aromatic carbocycles. The minimum Gasteiger partial charge on any atom is -1.00 e. The van der Waals surface area contributed by atoms with E-state index in [1.54, 1.807) is 0 Å². The summed E-state index contributed by atoms with van der Waals surface area (Å²) in [6, 6.07) is 28.9. The molecule has 0 aliphatic heterocycles. The van der Waals surface area contributed by atoms with Crippen molar-refractivity contribution >= 4 is 56.7 Å². The zero-order valence-electron chi connectivity index (χ0n) is 28.0. The molecule has 5 heteroatoms. The van der Waals surface area contributed by atoms with E-state index < -0.39 is 0 Å². The van der Waals surface area contributed by atoms with E-state index in [1.165, 1.54) is 58.2 Å². The van der Waals surface area contributed by atoms with Gasteiger partial charge in [-0.1, -0.05) is 75.9 Å². The molecule has 0 heterocycles. The molecule has 0 saturated carbocycles.